The molecule has 0 fully saturated rings. The van der Waals surface area contributed by atoms with Crippen molar-refractivity contribution in [2.45, 2.75) is 6.92 Å². The molecule has 0 aliphatic heterocycles. The maximum absolute atomic E-state index is 10.4. The molecule has 1 N–H and O–H groups in total. The highest BCUT2D eigenvalue weighted by atomic mass is 16.5. The van der Waals surface area contributed by atoms with Crippen molar-refractivity contribution in [1.29, 1.82) is 0 Å². The van der Waals surface area contributed by atoms with Gasteiger partial charge in [-0.2, -0.15) is 4.98 Å². The van der Waals surface area contributed by atoms with Gasteiger partial charge in [-0.3, -0.25) is 4.79 Å². The van der Waals surface area contributed by atoms with E-state index in [1.165, 1.54) is 6.39 Å². The number of benzene rings is 1. The van der Waals surface area contributed by atoms with Gasteiger partial charge in [0.05, 0.1) is 0 Å². The molecule has 0 aliphatic carbocycles. The van der Waals surface area contributed by atoms with Crippen molar-refractivity contribution in [3.63, 3.8) is 0 Å². The number of rotatable bonds is 3. The summed E-state index contributed by atoms with van der Waals surface area (Å²) in [4.78, 5) is 14.3. The van der Waals surface area contributed by atoms with Gasteiger partial charge in [0.1, 0.15) is 0 Å². The second-order valence-electron chi connectivity index (χ2n) is 3.05. The standard InChI is InChI=1S/C10H9N3O2/c1-7-2-3-8(4-9(7)11-5-14)10-12-6-15-13-10/h2-6H,1H3,(H,11,14). The first-order valence-electron chi connectivity index (χ1n) is 4.39. The minimum atomic E-state index is 0.504. The van der Waals surface area contributed by atoms with Crippen molar-refractivity contribution < 1.29 is 9.32 Å². The molecule has 0 atom stereocenters. The number of nitrogens with one attached hydrogen (secondary N) is 1. The molecule has 0 saturated heterocycles. The number of carbonyl (C=O) groups excluding carboxylic acids is 1. The molecule has 0 spiro atoms. The van der Waals surface area contributed by atoms with Gasteiger partial charge >= 0.3 is 0 Å². The minimum Gasteiger partial charge on any atom is -0.342 e. The van der Waals surface area contributed by atoms with Gasteiger partial charge in [0.15, 0.2) is 0 Å². The molecule has 5 heteroatoms. The lowest BCUT2D eigenvalue weighted by atomic mass is 10.1. The SMILES string of the molecule is Cc1ccc(-c2ncon2)cc1NC=O. The predicted octanol–water partition coefficient (Wildman–Crippen LogP) is 1.61. The lowest BCUT2D eigenvalue weighted by Crippen LogP contribution is -1.96. The summed E-state index contributed by atoms with van der Waals surface area (Å²) in [6, 6.07) is 5.56. The van der Waals surface area contributed by atoms with Crippen molar-refractivity contribution in [3.8, 4) is 11.4 Å². The van der Waals surface area contributed by atoms with Crippen LogP contribution in [-0.4, -0.2) is 16.6 Å². The maximum Gasteiger partial charge on any atom is 0.214 e. The summed E-state index contributed by atoms with van der Waals surface area (Å²) < 4.78 is 4.65. The Labute approximate surface area is 86.1 Å². The first kappa shape index (κ1) is 9.39. The molecule has 1 amide bonds. The van der Waals surface area contributed by atoms with E-state index in [-0.39, 0.29) is 0 Å². The fraction of sp³-hybridized carbons (Fsp3) is 0.100. The summed E-state index contributed by atoms with van der Waals surface area (Å²) in [7, 11) is 0. The van der Waals surface area contributed by atoms with Crippen LogP contribution in [0.1, 0.15) is 5.56 Å². The van der Waals surface area contributed by atoms with E-state index in [2.05, 4.69) is 20.0 Å². The first-order valence-corrected chi connectivity index (χ1v) is 4.39. The molecule has 1 heterocycles. The van der Waals surface area contributed by atoms with Gasteiger partial charge in [-0.05, 0) is 18.6 Å². The van der Waals surface area contributed by atoms with Gasteiger partial charge in [0.2, 0.25) is 18.6 Å². The Morgan fingerprint density at radius 2 is 2.33 bits per heavy atom. The van der Waals surface area contributed by atoms with Crippen LogP contribution >= 0.6 is 0 Å². The topological polar surface area (TPSA) is 68.0 Å². The van der Waals surface area contributed by atoms with E-state index >= 15 is 0 Å². The molecule has 2 aromatic rings. The van der Waals surface area contributed by atoms with E-state index in [1.807, 2.05) is 19.1 Å². The zero-order chi connectivity index (χ0) is 10.7. The average Bonchev–Trinajstić information content (AvgIpc) is 2.75. The zero-order valence-electron chi connectivity index (χ0n) is 8.10. The Morgan fingerprint density at radius 1 is 1.47 bits per heavy atom. The third-order valence-electron chi connectivity index (χ3n) is 2.07. The van der Waals surface area contributed by atoms with Gasteiger partial charge in [-0.1, -0.05) is 17.3 Å². The van der Waals surface area contributed by atoms with Crippen molar-refractivity contribution in [1.82, 2.24) is 10.1 Å². The van der Waals surface area contributed by atoms with Crippen LogP contribution in [0.25, 0.3) is 11.4 Å². The van der Waals surface area contributed by atoms with Crippen LogP contribution < -0.4 is 5.32 Å². The lowest BCUT2D eigenvalue weighted by molar-refractivity contribution is -0.105. The Hall–Kier alpha value is -2.17. The number of aromatic nitrogens is 2. The summed E-state index contributed by atoms with van der Waals surface area (Å²) >= 11 is 0. The van der Waals surface area contributed by atoms with Crippen LogP contribution in [0.5, 0.6) is 0 Å². The van der Waals surface area contributed by atoms with E-state index in [0.717, 1.165) is 16.8 Å². The third-order valence-corrected chi connectivity index (χ3v) is 2.07. The van der Waals surface area contributed by atoms with Crippen LogP contribution in [0.3, 0.4) is 0 Å². The van der Waals surface area contributed by atoms with E-state index in [0.29, 0.717) is 12.2 Å². The summed E-state index contributed by atoms with van der Waals surface area (Å²) in [5.74, 6) is 0.504. The van der Waals surface area contributed by atoms with Gasteiger partial charge < -0.3 is 9.84 Å². The molecule has 0 aliphatic rings. The Morgan fingerprint density at radius 3 is 3.00 bits per heavy atom. The fourth-order valence-electron chi connectivity index (χ4n) is 1.28. The van der Waals surface area contributed by atoms with Crippen LogP contribution in [-0.2, 0) is 4.79 Å². The quantitative estimate of drug-likeness (QED) is 0.769. The van der Waals surface area contributed by atoms with Crippen molar-refractivity contribution in [3.05, 3.63) is 30.2 Å². The van der Waals surface area contributed by atoms with Crippen LogP contribution in [0.4, 0.5) is 5.69 Å². The highest BCUT2D eigenvalue weighted by Gasteiger charge is 2.05. The number of hydrogen-bond donors (Lipinski definition) is 1. The third kappa shape index (κ3) is 1.85. The lowest BCUT2D eigenvalue weighted by Gasteiger charge is -2.04. The minimum absolute atomic E-state index is 0.504. The molecular formula is C10H9N3O2. The monoisotopic (exact) mass is 203 g/mol. The molecule has 0 unspecified atom stereocenters. The smallest absolute Gasteiger partial charge is 0.214 e. The van der Waals surface area contributed by atoms with Gasteiger partial charge in [-0.15, -0.1) is 0 Å². The van der Waals surface area contributed by atoms with Crippen LogP contribution in [0.15, 0.2) is 29.1 Å². The Bertz CT molecular complexity index is 466. The normalized spacial score (nSPS) is 9.93. The molecule has 76 valence electrons. The van der Waals surface area contributed by atoms with Gasteiger partial charge in [-0.25, -0.2) is 0 Å². The summed E-state index contributed by atoms with van der Waals surface area (Å²) in [5, 5.41) is 6.33. The second-order valence-corrected chi connectivity index (χ2v) is 3.05. The molecule has 5 nitrogen and oxygen atoms in total. The maximum atomic E-state index is 10.4. The number of aryl methyl sites for hydroxylation is 1. The fourth-order valence-corrected chi connectivity index (χ4v) is 1.28. The number of carbonyl (C=O) groups is 1. The molecule has 0 radical (unpaired) electrons. The van der Waals surface area contributed by atoms with Crippen LogP contribution in [0.2, 0.25) is 0 Å². The number of hydrogen-bond acceptors (Lipinski definition) is 4. The highest BCUT2D eigenvalue weighted by Crippen LogP contribution is 2.22. The highest BCUT2D eigenvalue weighted by molar-refractivity contribution is 5.76. The van der Waals surface area contributed by atoms with Gasteiger partial charge in [0, 0.05) is 11.3 Å². The first-order chi connectivity index (χ1) is 7.31. The average molecular weight is 203 g/mol. The van der Waals surface area contributed by atoms with Crippen LogP contribution in [0, 0.1) is 6.92 Å². The number of amides is 1. The van der Waals surface area contributed by atoms with Crippen molar-refractivity contribution in [2.24, 2.45) is 0 Å². The molecular weight excluding hydrogens is 194 g/mol. The Balaban J connectivity index is 2.42. The Kier molecular flexibility index (Phi) is 2.45. The zero-order valence-corrected chi connectivity index (χ0v) is 8.10. The van der Waals surface area contributed by atoms with E-state index in [4.69, 9.17) is 0 Å². The van der Waals surface area contributed by atoms with E-state index < -0.39 is 0 Å². The number of nitrogens with zero attached hydrogens (tertiary/aromatic N) is 2. The van der Waals surface area contributed by atoms with E-state index in [1.54, 1.807) is 6.07 Å². The number of anilines is 1. The molecule has 1 aromatic carbocycles. The molecule has 2 rings (SSSR count). The predicted molar refractivity (Wildman–Crippen MR) is 54.2 cm³/mol. The second kappa shape index (κ2) is 3.91. The van der Waals surface area contributed by atoms with E-state index in [9.17, 15) is 4.79 Å². The molecule has 0 bridgehead atoms. The van der Waals surface area contributed by atoms with Crippen molar-refractivity contribution >= 4 is 12.1 Å². The molecule has 15 heavy (non-hydrogen) atoms. The van der Waals surface area contributed by atoms with Crippen molar-refractivity contribution in [2.75, 3.05) is 5.32 Å². The summed E-state index contributed by atoms with van der Waals surface area (Å²) in [6.45, 7) is 1.91. The largest absolute Gasteiger partial charge is 0.342 e. The summed E-state index contributed by atoms with van der Waals surface area (Å²) in [5.41, 5.74) is 2.53. The molecule has 0 saturated carbocycles. The van der Waals surface area contributed by atoms with Gasteiger partial charge in [0.25, 0.3) is 0 Å². The molecule has 1 aromatic heterocycles. The summed E-state index contributed by atoms with van der Waals surface area (Å²) in [6.07, 6.45) is 1.91.